The number of rotatable bonds is 13. The van der Waals surface area contributed by atoms with E-state index in [0.717, 1.165) is 18.8 Å². The summed E-state index contributed by atoms with van der Waals surface area (Å²) in [7, 11) is -3.91. The van der Waals surface area contributed by atoms with E-state index >= 15 is 0 Å². The van der Waals surface area contributed by atoms with Crippen molar-refractivity contribution in [1.82, 2.24) is 0 Å². The fraction of sp³-hybridized carbons (Fsp3) is 1.00. The molecule has 0 aromatic heterocycles. The highest BCUT2D eigenvalue weighted by Gasteiger charge is 2.50. The van der Waals surface area contributed by atoms with E-state index in [1.807, 2.05) is 0 Å². The van der Waals surface area contributed by atoms with Gasteiger partial charge in [-0.25, -0.2) is 0 Å². The van der Waals surface area contributed by atoms with Gasteiger partial charge in [-0.1, -0.05) is 78.1 Å². The summed E-state index contributed by atoms with van der Waals surface area (Å²) >= 11 is 0. The highest BCUT2D eigenvalue weighted by molar-refractivity contribution is 7.82. The van der Waals surface area contributed by atoms with E-state index in [1.54, 1.807) is 0 Å². The molecule has 1 fully saturated rings. The minimum Gasteiger partial charge on any atom is -0.342 e. The molecule has 132 valence electrons. The van der Waals surface area contributed by atoms with Gasteiger partial charge in [-0.15, -0.1) is 0 Å². The van der Waals surface area contributed by atoms with Gasteiger partial charge >= 0.3 is 16.4 Å². The Bertz CT molecular complexity index is 381. The Balaban J connectivity index is 1.81. The summed E-state index contributed by atoms with van der Waals surface area (Å²) in [5.41, 5.74) is 0. The zero-order valence-corrected chi connectivity index (χ0v) is 14.9. The average molecular weight is 336 g/mol. The van der Waals surface area contributed by atoms with Crippen molar-refractivity contribution in [3.63, 3.8) is 0 Å². The van der Waals surface area contributed by atoms with Gasteiger partial charge in [0.25, 0.3) is 0 Å². The monoisotopic (exact) mass is 336 g/mol. The molecule has 1 N–H and O–H groups in total. The summed E-state index contributed by atoms with van der Waals surface area (Å²) in [5, 5.41) is 9.50. The molecule has 0 amide bonds. The van der Waals surface area contributed by atoms with Crippen molar-refractivity contribution < 1.29 is 21.9 Å². The van der Waals surface area contributed by atoms with Gasteiger partial charge in [-0.05, 0) is 12.3 Å². The van der Waals surface area contributed by atoms with E-state index in [4.69, 9.17) is 0 Å². The van der Waals surface area contributed by atoms with Crippen molar-refractivity contribution >= 4 is 10.4 Å². The molecule has 22 heavy (non-hydrogen) atoms. The van der Waals surface area contributed by atoms with E-state index < -0.39 is 16.4 Å². The van der Waals surface area contributed by atoms with Crippen LogP contribution < -0.4 is 0 Å². The molecule has 1 heterocycles. The van der Waals surface area contributed by atoms with Crippen LogP contribution in [0.1, 0.15) is 90.9 Å². The molecule has 0 bridgehead atoms. The van der Waals surface area contributed by atoms with Crippen LogP contribution in [-0.2, 0) is 18.8 Å². The highest BCUT2D eigenvalue weighted by atomic mass is 32.3. The smallest absolute Gasteiger partial charge is 0.342 e. The quantitative estimate of drug-likeness (QED) is 0.509. The Morgan fingerprint density at radius 1 is 0.909 bits per heavy atom. The third kappa shape index (κ3) is 8.46. The Morgan fingerprint density at radius 2 is 1.36 bits per heavy atom. The average Bonchev–Trinajstić information content (AvgIpc) is 2.42. The zero-order chi connectivity index (χ0) is 16.5. The molecule has 0 spiro atoms. The molecular weight excluding hydrogens is 304 g/mol. The van der Waals surface area contributed by atoms with E-state index in [0.29, 0.717) is 6.42 Å². The van der Waals surface area contributed by atoms with Gasteiger partial charge < -0.3 is 5.11 Å². The van der Waals surface area contributed by atoms with Crippen LogP contribution in [-0.4, -0.2) is 19.5 Å². The predicted octanol–water partition coefficient (Wildman–Crippen LogP) is 4.26. The van der Waals surface area contributed by atoms with E-state index in [1.165, 1.54) is 51.4 Å². The third-order valence-electron chi connectivity index (χ3n) is 4.35. The van der Waals surface area contributed by atoms with Crippen LogP contribution in [0.5, 0.6) is 0 Å². The van der Waals surface area contributed by atoms with E-state index in [2.05, 4.69) is 22.2 Å². The zero-order valence-electron chi connectivity index (χ0n) is 14.1. The SMILES string of the molecule is CCC(C)CCCCCCCCCCCC1(O)OS(=O)(=O)O1. The maximum absolute atomic E-state index is 10.6. The Labute approximate surface area is 135 Å². The lowest BCUT2D eigenvalue weighted by Gasteiger charge is -2.33. The predicted molar refractivity (Wildman–Crippen MR) is 86.3 cm³/mol. The van der Waals surface area contributed by atoms with Crippen LogP contribution >= 0.6 is 0 Å². The second-order valence-electron chi connectivity index (χ2n) is 6.52. The molecule has 0 radical (unpaired) electrons. The van der Waals surface area contributed by atoms with Crippen molar-refractivity contribution in [2.75, 3.05) is 0 Å². The van der Waals surface area contributed by atoms with Crippen LogP contribution in [0.4, 0.5) is 0 Å². The Kier molecular flexibility index (Phi) is 8.90. The van der Waals surface area contributed by atoms with Gasteiger partial charge in [0.1, 0.15) is 0 Å². The number of aliphatic hydroxyl groups is 1. The lowest BCUT2D eigenvalue weighted by molar-refractivity contribution is -0.329. The molecule has 1 rings (SSSR count). The second kappa shape index (κ2) is 9.85. The maximum atomic E-state index is 10.6. The van der Waals surface area contributed by atoms with Crippen molar-refractivity contribution in [3.05, 3.63) is 0 Å². The lowest BCUT2D eigenvalue weighted by Crippen LogP contribution is -2.50. The van der Waals surface area contributed by atoms with Crippen molar-refractivity contribution in [2.45, 2.75) is 96.9 Å². The molecule has 1 aliphatic rings. The fourth-order valence-corrected chi connectivity index (χ4v) is 3.51. The van der Waals surface area contributed by atoms with Crippen LogP contribution in [0.3, 0.4) is 0 Å². The topological polar surface area (TPSA) is 72.8 Å². The van der Waals surface area contributed by atoms with Gasteiger partial charge in [0.05, 0.1) is 0 Å². The molecule has 1 saturated heterocycles. The molecular formula is C16H32O5S. The van der Waals surface area contributed by atoms with Crippen LogP contribution in [0.2, 0.25) is 0 Å². The highest BCUT2D eigenvalue weighted by Crippen LogP contribution is 2.32. The lowest BCUT2D eigenvalue weighted by atomic mass is 9.99. The van der Waals surface area contributed by atoms with E-state index in [-0.39, 0.29) is 6.42 Å². The molecule has 6 heteroatoms. The first-order chi connectivity index (χ1) is 10.4. The summed E-state index contributed by atoms with van der Waals surface area (Å²) in [6.07, 6.45) is 13.4. The largest absolute Gasteiger partial charge is 0.409 e. The van der Waals surface area contributed by atoms with Crippen molar-refractivity contribution in [2.24, 2.45) is 5.92 Å². The molecule has 1 unspecified atom stereocenters. The molecule has 5 nitrogen and oxygen atoms in total. The Morgan fingerprint density at radius 3 is 1.82 bits per heavy atom. The summed E-state index contributed by atoms with van der Waals surface area (Å²) in [5.74, 6) is -1.03. The maximum Gasteiger partial charge on any atom is 0.409 e. The van der Waals surface area contributed by atoms with Gasteiger partial charge in [0, 0.05) is 6.42 Å². The van der Waals surface area contributed by atoms with Gasteiger partial charge in [0.15, 0.2) is 0 Å². The normalized spacial score (nSPS) is 20.5. The number of hydrogen-bond donors (Lipinski definition) is 1. The minimum atomic E-state index is -3.91. The molecule has 1 atom stereocenters. The third-order valence-corrected chi connectivity index (χ3v) is 5.28. The number of hydrogen-bond acceptors (Lipinski definition) is 5. The van der Waals surface area contributed by atoms with Crippen LogP contribution in [0.15, 0.2) is 0 Å². The summed E-state index contributed by atoms with van der Waals surface area (Å²) in [4.78, 5) is 0. The summed E-state index contributed by atoms with van der Waals surface area (Å²) in [6, 6.07) is 0. The number of unbranched alkanes of at least 4 members (excludes halogenated alkanes) is 8. The van der Waals surface area contributed by atoms with Crippen LogP contribution in [0.25, 0.3) is 0 Å². The van der Waals surface area contributed by atoms with Crippen molar-refractivity contribution in [3.8, 4) is 0 Å². The molecule has 0 saturated carbocycles. The fourth-order valence-electron chi connectivity index (χ4n) is 2.69. The first kappa shape index (κ1) is 19.9. The first-order valence-corrected chi connectivity index (χ1v) is 10.1. The minimum absolute atomic E-state index is 0.210. The molecule has 0 aromatic rings. The van der Waals surface area contributed by atoms with Crippen molar-refractivity contribution in [1.29, 1.82) is 0 Å². The standard InChI is InChI=1S/C16H32O5S/c1-3-15(2)13-11-9-7-5-4-6-8-10-12-14-16(17)20-22(18,19)21-16/h15,17H,3-14H2,1-2H3. The van der Waals surface area contributed by atoms with Gasteiger partial charge in [0.2, 0.25) is 0 Å². The molecule has 1 aliphatic heterocycles. The van der Waals surface area contributed by atoms with Crippen LogP contribution in [0, 0.1) is 5.92 Å². The second-order valence-corrected chi connectivity index (χ2v) is 7.67. The van der Waals surface area contributed by atoms with Gasteiger partial charge in [-0.3, -0.25) is 0 Å². The summed E-state index contributed by atoms with van der Waals surface area (Å²) in [6.45, 7) is 4.58. The molecule has 0 aromatic carbocycles. The first-order valence-electron chi connectivity index (χ1n) is 8.75. The Hall–Kier alpha value is -0.170. The summed E-state index contributed by atoms with van der Waals surface area (Å²) < 4.78 is 29.9. The van der Waals surface area contributed by atoms with Gasteiger partial charge in [-0.2, -0.15) is 16.8 Å². The molecule has 0 aliphatic carbocycles. The van der Waals surface area contributed by atoms with E-state index in [9.17, 15) is 13.5 Å².